The monoisotopic (exact) mass is 710 g/mol. The number of carbonyl (C=O) groups is 5. The van der Waals surface area contributed by atoms with Crippen molar-refractivity contribution in [1.82, 2.24) is 0 Å². The van der Waals surface area contributed by atoms with Gasteiger partial charge in [0.15, 0.2) is 17.2 Å². The van der Waals surface area contributed by atoms with Crippen LogP contribution in [0.5, 0.6) is 5.75 Å². The zero-order valence-electron chi connectivity index (χ0n) is 31.3. The van der Waals surface area contributed by atoms with Crippen LogP contribution in [0.15, 0.2) is 59.1 Å². The molecule has 0 radical (unpaired) electrons. The first-order chi connectivity index (χ1) is 24.1. The molecule has 6 atom stereocenters. The smallest absolute Gasteiger partial charge is 0.209 e. The Balaban J connectivity index is 1.38. The Morgan fingerprint density at radius 2 is 1.54 bits per heavy atom. The van der Waals surface area contributed by atoms with Crippen LogP contribution in [0.25, 0.3) is 11.1 Å². The van der Waals surface area contributed by atoms with Gasteiger partial charge in [-0.05, 0) is 66.8 Å². The summed E-state index contributed by atoms with van der Waals surface area (Å²) >= 11 is 0. The van der Waals surface area contributed by atoms with E-state index in [1.54, 1.807) is 33.8 Å². The van der Waals surface area contributed by atoms with Crippen molar-refractivity contribution in [3.05, 3.63) is 75.8 Å². The quantitative estimate of drug-likeness (QED) is 0.218. The van der Waals surface area contributed by atoms with Crippen molar-refractivity contribution < 1.29 is 44.4 Å². The molecule has 4 aliphatic carbocycles. The normalized spacial score (nSPS) is 30.3. The average Bonchev–Trinajstić information content (AvgIpc) is 3.52. The van der Waals surface area contributed by atoms with Crippen molar-refractivity contribution in [3.8, 4) is 16.9 Å². The largest absolute Gasteiger partial charge is 0.511 e. The number of Topliss-reactive ketones (excluding diaryl/α,β-unsaturated/α-hetero) is 5. The van der Waals surface area contributed by atoms with Crippen LogP contribution in [0.2, 0.25) is 0 Å². The van der Waals surface area contributed by atoms with E-state index in [0.717, 1.165) is 30.9 Å². The van der Waals surface area contributed by atoms with Gasteiger partial charge in [0.2, 0.25) is 5.78 Å². The topological polar surface area (TPSA) is 166 Å². The highest BCUT2D eigenvalue weighted by atomic mass is 16.3. The van der Waals surface area contributed by atoms with Crippen LogP contribution in [-0.4, -0.2) is 54.9 Å². The van der Waals surface area contributed by atoms with Gasteiger partial charge in [0, 0.05) is 46.0 Å². The number of allylic oxidation sites excluding steroid dienone is 2. The first kappa shape index (κ1) is 37.4. The lowest BCUT2D eigenvalue weighted by Gasteiger charge is -2.59. The summed E-state index contributed by atoms with van der Waals surface area (Å²) in [5.41, 5.74) is -3.94. The fraction of sp³-hybridized carbons (Fsp3) is 0.512. The molecule has 0 bridgehead atoms. The Kier molecular flexibility index (Phi) is 8.89. The SMILES string of the molecule is CC(=O)C1=C(O)C(C(C)C)[C@@]2(C)C[C@@]3(C)Cc4c(-c5ccc(CC(=O)C6CCCC6C(=O)C(C)(C)C)cc5)ccc(O)c4C(=O)C3=C(O)[C@@]2(O)C1=O. The lowest BCUT2D eigenvalue weighted by Crippen LogP contribution is -2.67. The standard InChI is InChI=1S/C43H50O9/c1-21(2)33-35(47)31(22(3)44)38(50)43(52)39(51)34-36(48)32-28(19-41(34,7)20-42(33,43)8)25(16-17-29(32)45)24-14-12-23(13-15-24)18-30(46)26-10-9-11-27(26)37(49)40(4,5)6/h12-17,21,26-27,33,45,47,51-52H,9-11,18-20H2,1-8H3/t26?,27?,33?,41-,42-,43+/m1/s1. The number of hydrogen-bond donors (Lipinski definition) is 4. The zero-order valence-corrected chi connectivity index (χ0v) is 31.3. The number of phenolic OH excluding ortho intramolecular Hbond substituents is 1. The van der Waals surface area contributed by atoms with E-state index in [0.29, 0.717) is 17.5 Å². The number of ketones is 5. The molecule has 52 heavy (non-hydrogen) atoms. The molecule has 0 heterocycles. The lowest BCUT2D eigenvalue weighted by atomic mass is 9.44. The summed E-state index contributed by atoms with van der Waals surface area (Å²) in [5.74, 6) is -5.88. The molecule has 4 N–H and O–H groups in total. The molecular weight excluding hydrogens is 660 g/mol. The molecule has 0 aliphatic heterocycles. The van der Waals surface area contributed by atoms with Crippen molar-refractivity contribution >= 4 is 28.9 Å². The van der Waals surface area contributed by atoms with Crippen molar-refractivity contribution in [2.45, 2.75) is 99.5 Å². The number of aromatic hydroxyl groups is 1. The highest BCUT2D eigenvalue weighted by Gasteiger charge is 2.71. The highest BCUT2D eigenvalue weighted by molar-refractivity contribution is 6.25. The van der Waals surface area contributed by atoms with Gasteiger partial charge in [0.25, 0.3) is 0 Å². The molecule has 0 spiro atoms. The van der Waals surface area contributed by atoms with Crippen molar-refractivity contribution in [2.75, 3.05) is 0 Å². The Bertz CT molecular complexity index is 1990. The van der Waals surface area contributed by atoms with E-state index in [2.05, 4.69) is 0 Å². The molecule has 0 saturated heterocycles. The molecule has 9 nitrogen and oxygen atoms in total. The number of phenols is 1. The zero-order chi connectivity index (χ0) is 38.5. The fourth-order valence-corrected chi connectivity index (χ4v) is 10.4. The van der Waals surface area contributed by atoms with E-state index >= 15 is 0 Å². The number of aliphatic hydroxyl groups excluding tert-OH is 2. The summed E-state index contributed by atoms with van der Waals surface area (Å²) in [7, 11) is 0. The van der Waals surface area contributed by atoms with E-state index in [4.69, 9.17) is 0 Å². The molecule has 2 aromatic rings. The Morgan fingerprint density at radius 1 is 0.923 bits per heavy atom. The Hall–Kier alpha value is -4.37. The van der Waals surface area contributed by atoms with Crippen LogP contribution in [0.3, 0.4) is 0 Å². The molecule has 3 unspecified atom stereocenters. The predicted molar refractivity (Wildman–Crippen MR) is 195 cm³/mol. The second kappa shape index (κ2) is 12.4. The number of fused-ring (bicyclic) bond motifs is 3. The fourth-order valence-electron chi connectivity index (χ4n) is 10.4. The van der Waals surface area contributed by atoms with Gasteiger partial charge in [-0.15, -0.1) is 0 Å². The Labute approximate surface area is 304 Å². The maximum Gasteiger partial charge on any atom is 0.209 e. The summed E-state index contributed by atoms with van der Waals surface area (Å²) < 4.78 is 0. The second-order valence-electron chi connectivity index (χ2n) is 17.5. The first-order valence-electron chi connectivity index (χ1n) is 18.3. The third kappa shape index (κ3) is 5.33. The summed E-state index contributed by atoms with van der Waals surface area (Å²) in [6.45, 7) is 13.8. The molecule has 1 saturated carbocycles. The van der Waals surface area contributed by atoms with Gasteiger partial charge in [-0.1, -0.05) is 85.2 Å². The van der Waals surface area contributed by atoms with Crippen molar-refractivity contribution in [1.29, 1.82) is 0 Å². The van der Waals surface area contributed by atoms with Gasteiger partial charge in [-0.3, -0.25) is 24.0 Å². The molecule has 276 valence electrons. The number of carbonyl (C=O) groups excluding carboxylic acids is 5. The van der Waals surface area contributed by atoms with Crippen LogP contribution in [-0.2, 0) is 32.0 Å². The average molecular weight is 711 g/mol. The summed E-state index contributed by atoms with van der Waals surface area (Å²) in [6, 6.07) is 10.5. The first-order valence-corrected chi connectivity index (χ1v) is 18.3. The second-order valence-corrected chi connectivity index (χ2v) is 17.5. The van der Waals surface area contributed by atoms with Gasteiger partial charge in [-0.2, -0.15) is 0 Å². The molecule has 0 amide bonds. The summed E-state index contributed by atoms with van der Waals surface area (Å²) in [6.07, 6.45) is 2.63. The molecule has 4 aliphatic rings. The maximum atomic E-state index is 14.4. The number of hydrogen-bond acceptors (Lipinski definition) is 9. The van der Waals surface area contributed by atoms with E-state index in [1.165, 1.54) is 6.07 Å². The van der Waals surface area contributed by atoms with E-state index in [1.807, 2.05) is 45.0 Å². The molecular formula is C43H50O9. The molecule has 1 fully saturated rings. The lowest BCUT2D eigenvalue weighted by molar-refractivity contribution is -0.171. The van der Waals surface area contributed by atoms with Gasteiger partial charge in [0.05, 0.1) is 5.56 Å². The van der Waals surface area contributed by atoms with Gasteiger partial charge < -0.3 is 20.4 Å². The molecule has 0 aromatic heterocycles. The van der Waals surface area contributed by atoms with Crippen molar-refractivity contribution in [3.63, 3.8) is 0 Å². The molecule has 2 aromatic carbocycles. The predicted octanol–water partition coefficient (Wildman–Crippen LogP) is 7.16. The van der Waals surface area contributed by atoms with E-state index in [9.17, 15) is 44.4 Å². The number of aliphatic hydroxyl groups is 3. The summed E-state index contributed by atoms with van der Waals surface area (Å²) in [4.78, 5) is 67.5. The van der Waals surface area contributed by atoms with Crippen molar-refractivity contribution in [2.24, 2.45) is 39.9 Å². The van der Waals surface area contributed by atoms with Crippen LogP contribution in [0, 0.1) is 39.9 Å². The Morgan fingerprint density at radius 3 is 2.12 bits per heavy atom. The minimum Gasteiger partial charge on any atom is -0.511 e. The van der Waals surface area contributed by atoms with E-state index in [-0.39, 0.29) is 65.5 Å². The van der Waals surface area contributed by atoms with Crippen LogP contribution in [0.1, 0.15) is 103 Å². The van der Waals surface area contributed by atoms with Gasteiger partial charge in [-0.25, -0.2) is 0 Å². The molecule has 9 heteroatoms. The molecule has 6 rings (SSSR count). The third-order valence-electron chi connectivity index (χ3n) is 12.5. The summed E-state index contributed by atoms with van der Waals surface area (Å²) in [5, 5.41) is 46.7. The van der Waals surface area contributed by atoms with E-state index < -0.39 is 62.2 Å². The van der Waals surface area contributed by atoms with Crippen LogP contribution < -0.4 is 0 Å². The van der Waals surface area contributed by atoms with Crippen LogP contribution >= 0.6 is 0 Å². The maximum absolute atomic E-state index is 14.4. The number of benzene rings is 2. The highest BCUT2D eigenvalue weighted by Crippen LogP contribution is 2.65. The minimum absolute atomic E-state index is 0.000920. The third-order valence-corrected chi connectivity index (χ3v) is 12.5. The number of rotatable bonds is 7. The van der Waals surface area contributed by atoms with Gasteiger partial charge >= 0.3 is 0 Å². The minimum atomic E-state index is -2.67. The van der Waals surface area contributed by atoms with Gasteiger partial charge in [0.1, 0.15) is 34.4 Å². The van der Waals surface area contributed by atoms with Crippen LogP contribution in [0.4, 0.5) is 0 Å².